The highest BCUT2D eigenvalue weighted by Gasteiger charge is 2.28. The van der Waals surface area contributed by atoms with Crippen LogP contribution in [-0.2, 0) is 10.0 Å². The molecule has 5 heteroatoms. The van der Waals surface area contributed by atoms with Crippen LogP contribution in [0.15, 0.2) is 23.1 Å². The largest absolute Gasteiger partial charge is 0.328 e. The van der Waals surface area contributed by atoms with Crippen molar-refractivity contribution < 1.29 is 8.42 Å². The van der Waals surface area contributed by atoms with E-state index in [0.29, 0.717) is 18.0 Å². The van der Waals surface area contributed by atoms with Gasteiger partial charge < -0.3 is 5.73 Å². The normalized spacial score (nSPS) is 19.1. The molecule has 100 valence electrons. The van der Waals surface area contributed by atoms with Crippen molar-refractivity contribution >= 4 is 10.0 Å². The van der Waals surface area contributed by atoms with Crippen molar-refractivity contribution in [2.45, 2.75) is 37.6 Å². The van der Waals surface area contributed by atoms with E-state index >= 15 is 0 Å². The second-order valence-electron chi connectivity index (χ2n) is 4.99. The number of hydrogen-bond acceptors (Lipinski definition) is 3. The van der Waals surface area contributed by atoms with Crippen LogP contribution in [0.2, 0.25) is 0 Å². The monoisotopic (exact) mass is 268 g/mol. The van der Waals surface area contributed by atoms with Crippen LogP contribution in [0.25, 0.3) is 0 Å². The average molecular weight is 268 g/mol. The maximum Gasteiger partial charge on any atom is 0.243 e. The van der Waals surface area contributed by atoms with Crippen molar-refractivity contribution in [1.29, 1.82) is 0 Å². The quantitative estimate of drug-likeness (QED) is 0.882. The SMILES string of the molecule is Cc1ccc(S(=O)(=O)N2CCC(N)CC2)cc1C. The lowest BCUT2D eigenvalue weighted by atomic mass is 10.1. The van der Waals surface area contributed by atoms with Gasteiger partial charge in [0.1, 0.15) is 0 Å². The van der Waals surface area contributed by atoms with Gasteiger partial charge in [-0.1, -0.05) is 6.07 Å². The molecule has 1 fully saturated rings. The summed E-state index contributed by atoms with van der Waals surface area (Å²) in [6, 6.07) is 5.43. The van der Waals surface area contributed by atoms with Crippen molar-refractivity contribution in [1.82, 2.24) is 4.31 Å². The number of piperidine rings is 1. The molecule has 0 unspecified atom stereocenters. The summed E-state index contributed by atoms with van der Waals surface area (Å²) in [6.07, 6.45) is 1.48. The van der Waals surface area contributed by atoms with Gasteiger partial charge in [0.25, 0.3) is 0 Å². The minimum atomic E-state index is -3.35. The van der Waals surface area contributed by atoms with Gasteiger partial charge in [0.15, 0.2) is 0 Å². The number of nitrogens with zero attached hydrogens (tertiary/aromatic N) is 1. The molecule has 18 heavy (non-hydrogen) atoms. The van der Waals surface area contributed by atoms with E-state index in [1.807, 2.05) is 19.9 Å². The summed E-state index contributed by atoms with van der Waals surface area (Å²) in [4.78, 5) is 0.390. The van der Waals surface area contributed by atoms with E-state index in [-0.39, 0.29) is 6.04 Å². The second kappa shape index (κ2) is 4.99. The third-order valence-corrected chi connectivity index (χ3v) is 5.51. The highest BCUT2D eigenvalue weighted by Crippen LogP contribution is 2.22. The summed E-state index contributed by atoms with van der Waals surface area (Å²) >= 11 is 0. The Hall–Kier alpha value is -0.910. The molecule has 1 aliphatic rings. The van der Waals surface area contributed by atoms with Gasteiger partial charge in [0, 0.05) is 19.1 Å². The number of benzene rings is 1. The van der Waals surface area contributed by atoms with Crippen molar-refractivity contribution in [3.8, 4) is 0 Å². The summed E-state index contributed by atoms with van der Waals surface area (Å²) in [5, 5.41) is 0. The summed E-state index contributed by atoms with van der Waals surface area (Å²) in [5.74, 6) is 0. The van der Waals surface area contributed by atoms with E-state index in [1.54, 1.807) is 16.4 Å². The zero-order valence-corrected chi connectivity index (χ0v) is 11.7. The first-order chi connectivity index (χ1) is 8.41. The molecule has 1 heterocycles. The first-order valence-corrected chi connectivity index (χ1v) is 7.68. The van der Waals surface area contributed by atoms with Gasteiger partial charge >= 0.3 is 0 Å². The fraction of sp³-hybridized carbons (Fsp3) is 0.538. The van der Waals surface area contributed by atoms with Crippen LogP contribution >= 0.6 is 0 Å². The van der Waals surface area contributed by atoms with Crippen molar-refractivity contribution in [2.75, 3.05) is 13.1 Å². The van der Waals surface area contributed by atoms with Gasteiger partial charge in [-0.05, 0) is 49.9 Å². The number of nitrogens with two attached hydrogens (primary N) is 1. The van der Waals surface area contributed by atoms with Gasteiger partial charge in [-0.3, -0.25) is 0 Å². The highest BCUT2D eigenvalue weighted by molar-refractivity contribution is 7.89. The van der Waals surface area contributed by atoms with Crippen LogP contribution in [0.4, 0.5) is 0 Å². The van der Waals surface area contributed by atoms with E-state index in [4.69, 9.17) is 5.73 Å². The first-order valence-electron chi connectivity index (χ1n) is 6.24. The fourth-order valence-electron chi connectivity index (χ4n) is 2.14. The molecular formula is C13H20N2O2S. The molecule has 1 saturated heterocycles. The Bertz CT molecular complexity index is 532. The van der Waals surface area contributed by atoms with Crippen LogP contribution in [0, 0.1) is 13.8 Å². The Morgan fingerprint density at radius 1 is 1.17 bits per heavy atom. The fourth-order valence-corrected chi connectivity index (χ4v) is 3.69. The maximum absolute atomic E-state index is 12.4. The van der Waals surface area contributed by atoms with Gasteiger partial charge in [0.2, 0.25) is 10.0 Å². The van der Waals surface area contributed by atoms with E-state index in [9.17, 15) is 8.42 Å². The molecule has 0 radical (unpaired) electrons. The predicted octanol–water partition coefficient (Wildman–Crippen LogP) is 1.42. The van der Waals surface area contributed by atoms with Crippen molar-refractivity contribution in [3.63, 3.8) is 0 Å². The third kappa shape index (κ3) is 2.58. The zero-order valence-electron chi connectivity index (χ0n) is 10.9. The van der Waals surface area contributed by atoms with E-state index < -0.39 is 10.0 Å². The van der Waals surface area contributed by atoms with Crippen LogP contribution in [-0.4, -0.2) is 31.9 Å². The molecular weight excluding hydrogens is 248 g/mol. The molecule has 2 rings (SSSR count). The zero-order chi connectivity index (χ0) is 13.3. The Morgan fingerprint density at radius 2 is 1.78 bits per heavy atom. The molecule has 0 atom stereocenters. The van der Waals surface area contributed by atoms with Gasteiger partial charge in [-0.15, -0.1) is 0 Å². The molecule has 4 nitrogen and oxygen atoms in total. The average Bonchev–Trinajstić information content (AvgIpc) is 2.33. The van der Waals surface area contributed by atoms with Crippen molar-refractivity contribution in [2.24, 2.45) is 5.73 Å². The maximum atomic E-state index is 12.4. The Morgan fingerprint density at radius 3 is 2.33 bits per heavy atom. The molecule has 0 aliphatic carbocycles. The predicted molar refractivity (Wildman–Crippen MR) is 71.9 cm³/mol. The summed E-state index contributed by atoms with van der Waals surface area (Å²) in [7, 11) is -3.35. The lowest BCUT2D eigenvalue weighted by molar-refractivity contribution is 0.320. The molecule has 0 saturated carbocycles. The molecule has 0 aromatic heterocycles. The molecule has 1 aliphatic heterocycles. The van der Waals surface area contributed by atoms with Gasteiger partial charge in [0.05, 0.1) is 4.90 Å². The Kier molecular flexibility index (Phi) is 3.75. The number of aryl methyl sites for hydroxylation is 2. The second-order valence-corrected chi connectivity index (χ2v) is 6.93. The molecule has 1 aromatic carbocycles. The topological polar surface area (TPSA) is 63.4 Å². The van der Waals surface area contributed by atoms with Gasteiger partial charge in [-0.2, -0.15) is 4.31 Å². The lowest BCUT2D eigenvalue weighted by Crippen LogP contribution is -2.42. The number of sulfonamides is 1. The third-order valence-electron chi connectivity index (χ3n) is 3.61. The summed E-state index contributed by atoms with van der Waals surface area (Å²) < 4.78 is 26.4. The Labute approximate surface area is 109 Å². The smallest absolute Gasteiger partial charge is 0.243 e. The first kappa shape index (κ1) is 13.5. The minimum Gasteiger partial charge on any atom is -0.328 e. The summed E-state index contributed by atoms with van der Waals surface area (Å²) in [6.45, 7) is 4.96. The van der Waals surface area contributed by atoms with Gasteiger partial charge in [-0.25, -0.2) is 8.42 Å². The Balaban J connectivity index is 2.27. The molecule has 1 aromatic rings. The van der Waals surface area contributed by atoms with Crippen LogP contribution in [0.1, 0.15) is 24.0 Å². The number of hydrogen-bond donors (Lipinski definition) is 1. The lowest BCUT2D eigenvalue weighted by Gasteiger charge is -2.29. The summed E-state index contributed by atoms with van der Waals surface area (Å²) in [5.41, 5.74) is 7.91. The number of rotatable bonds is 2. The van der Waals surface area contributed by atoms with Crippen LogP contribution in [0.3, 0.4) is 0 Å². The molecule has 0 spiro atoms. The molecule has 0 amide bonds. The molecule has 0 bridgehead atoms. The van der Waals surface area contributed by atoms with Crippen LogP contribution < -0.4 is 5.73 Å². The standard InChI is InChI=1S/C13H20N2O2S/c1-10-3-4-13(9-11(10)2)18(16,17)15-7-5-12(14)6-8-15/h3-4,9,12H,5-8,14H2,1-2H3. The minimum absolute atomic E-state index is 0.135. The van der Waals surface area contributed by atoms with E-state index in [2.05, 4.69) is 0 Å². The highest BCUT2D eigenvalue weighted by atomic mass is 32.2. The van der Waals surface area contributed by atoms with Crippen molar-refractivity contribution in [3.05, 3.63) is 29.3 Å². The molecule has 2 N–H and O–H groups in total. The van der Waals surface area contributed by atoms with E-state index in [0.717, 1.165) is 24.0 Å². The van der Waals surface area contributed by atoms with E-state index in [1.165, 1.54) is 0 Å². The van der Waals surface area contributed by atoms with Crippen LogP contribution in [0.5, 0.6) is 0 Å².